The highest BCUT2D eigenvalue weighted by Gasteiger charge is 2.35. The zero-order valence-corrected chi connectivity index (χ0v) is 15.3. The number of rotatable bonds is 5. The number of hydrogen-bond donors (Lipinski definition) is 0. The van der Waals surface area contributed by atoms with Crippen molar-refractivity contribution >= 4 is 16.8 Å². The number of para-hydroxylation sites is 1. The Morgan fingerprint density at radius 1 is 1.08 bits per heavy atom. The SMILES string of the molecule is COCCN1C(=O)CCC1c1c(-c2ccccc2)n(C)c2ccccc12. The van der Waals surface area contributed by atoms with Crippen LogP contribution < -0.4 is 0 Å². The molecule has 134 valence electrons. The minimum atomic E-state index is 0.0963. The van der Waals surface area contributed by atoms with Crippen molar-refractivity contribution in [1.82, 2.24) is 9.47 Å². The van der Waals surface area contributed by atoms with E-state index in [2.05, 4.69) is 60.1 Å². The van der Waals surface area contributed by atoms with E-state index in [0.717, 1.165) is 6.42 Å². The van der Waals surface area contributed by atoms with Gasteiger partial charge in [-0.1, -0.05) is 48.5 Å². The molecule has 0 N–H and O–H groups in total. The normalized spacial score (nSPS) is 17.4. The number of benzene rings is 2. The van der Waals surface area contributed by atoms with E-state index in [1.807, 2.05) is 11.0 Å². The van der Waals surface area contributed by atoms with Crippen LogP contribution >= 0.6 is 0 Å². The van der Waals surface area contributed by atoms with E-state index in [4.69, 9.17) is 4.74 Å². The van der Waals surface area contributed by atoms with Gasteiger partial charge in [-0.3, -0.25) is 4.79 Å². The van der Waals surface area contributed by atoms with Gasteiger partial charge in [-0.05, 0) is 18.1 Å². The van der Waals surface area contributed by atoms with Crippen LogP contribution in [-0.4, -0.2) is 35.6 Å². The Morgan fingerprint density at radius 3 is 2.58 bits per heavy atom. The fourth-order valence-corrected chi connectivity index (χ4v) is 4.21. The minimum Gasteiger partial charge on any atom is -0.383 e. The van der Waals surface area contributed by atoms with Crippen LogP contribution in [-0.2, 0) is 16.6 Å². The van der Waals surface area contributed by atoms with Gasteiger partial charge in [0.1, 0.15) is 0 Å². The second kappa shape index (κ2) is 6.96. The molecule has 2 heterocycles. The number of methoxy groups -OCH3 is 1. The van der Waals surface area contributed by atoms with E-state index in [9.17, 15) is 4.79 Å². The highest BCUT2D eigenvalue weighted by atomic mass is 16.5. The first kappa shape index (κ1) is 16.9. The standard InChI is InChI=1S/C22H24N2O2/c1-23-18-11-7-6-10-17(18)21(22(23)16-8-4-3-5-9-16)19-12-13-20(25)24(19)14-15-26-2/h3-11,19H,12-15H2,1-2H3. The number of aromatic nitrogens is 1. The van der Waals surface area contributed by atoms with E-state index in [1.54, 1.807) is 7.11 Å². The van der Waals surface area contributed by atoms with Gasteiger partial charge in [0.15, 0.2) is 0 Å². The Labute approximate surface area is 154 Å². The molecule has 0 bridgehead atoms. The molecule has 1 unspecified atom stereocenters. The molecular weight excluding hydrogens is 324 g/mol. The minimum absolute atomic E-state index is 0.0963. The van der Waals surface area contributed by atoms with Crippen molar-refractivity contribution in [3.05, 3.63) is 60.2 Å². The first-order valence-electron chi connectivity index (χ1n) is 9.13. The maximum Gasteiger partial charge on any atom is 0.223 e. The summed E-state index contributed by atoms with van der Waals surface area (Å²) in [4.78, 5) is 14.5. The fraction of sp³-hybridized carbons (Fsp3) is 0.318. The van der Waals surface area contributed by atoms with Gasteiger partial charge in [-0.2, -0.15) is 0 Å². The number of nitrogens with zero attached hydrogens (tertiary/aromatic N) is 2. The van der Waals surface area contributed by atoms with Crippen molar-refractivity contribution in [2.45, 2.75) is 18.9 Å². The lowest BCUT2D eigenvalue weighted by atomic mass is 9.97. The molecule has 26 heavy (non-hydrogen) atoms. The van der Waals surface area contributed by atoms with E-state index < -0.39 is 0 Å². The molecule has 1 aliphatic heterocycles. The second-order valence-electron chi connectivity index (χ2n) is 6.84. The molecule has 4 rings (SSSR count). The first-order valence-corrected chi connectivity index (χ1v) is 9.13. The van der Waals surface area contributed by atoms with Crippen LogP contribution in [0.15, 0.2) is 54.6 Å². The average Bonchev–Trinajstić information content (AvgIpc) is 3.18. The summed E-state index contributed by atoms with van der Waals surface area (Å²) in [5, 5.41) is 1.23. The molecule has 1 aliphatic rings. The Bertz CT molecular complexity index is 930. The number of likely N-dealkylation sites (tertiary alicyclic amines) is 1. The van der Waals surface area contributed by atoms with Crippen molar-refractivity contribution in [3.63, 3.8) is 0 Å². The van der Waals surface area contributed by atoms with Crippen LogP contribution in [0.4, 0.5) is 0 Å². The summed E-state index contributed by atoms with van der Waals surface area (Å²) >= 11 is 0. The van der Waals surface area contributed by atoms with Gasteiger partial charge in [0.05, 0.1) is 18.3 Å². The van der Waals surface area contributed by atoms with Crippen LogP contribution in [0.25, 0.3) is 22.2 Å². The smallest absolute Gasteiger partial charge is 0.223 e. The largest absolute Gasteiger partial charge is 0.383 e. The molecule has 0 aliphatic carbocycles. The van der Waals surface area contributed by atoms with Crippen molar-refractivity contribution in [2.24, 2.45) is 7.05 Å². The molecule has 2 aromatic carbocycles. The third-order valence-corrected chi connectivity index (χ3v) is 5.39. The average molecular weight is 348 g/mol. The summed E-state index contributed by atoms with van der Waals surface area (Å²) in [6, 6.07) is 19.0. The number of aryl methyl sites for hydroxylation is 1. The Kier molecular flexibility index (Phi) is 4.51. The highest BCUT2D eigenvalue weighted by molar-refractivity contribution is 5.93. The van der Waals surface area contributed by atoms with Gasteiger partial charge in [0.2, 0.25) is 5.91 Å². The summed E-state index contributed by atoms with van der Waals surface area (Å²) in [5.74, 6) is 0.221. The van der Waals surface area contributed by atoms with Gasteiger partial charge < -0.3 is 14.2 Å². The van der Waals surface area contributed by atoms with Gasteiger partial charge >= 0.3 is 0 Å². The van der Waals surface area contributed by atoms with E-state index >= 15 is 0 Å². The molecule has 3 aromatic rings. The predicted molar refractivity (Wildman–Crippen MR) is 104 cm³/mol. The van der Waals surface area contributed by atoms with Crippen molar-refractivity contribution in [3.8, 4) is 11.3 Å². The maximum absolute atomic E-state index is 12.5. The molecular formula is C22H24N2O2. The fourth-order valence-electron chi connectivity index (χ4n) is 4.21. The van der Waals surface area contributed by atoms with Gasteiger partial charge in [-0.15, -0.1) is 0 Å². The number of carbonyl (C=O) groups excluding carboxylic acids is 1. The number of amides is 1. The molecule has 1 saturated heterocycles. The lowest BCUT2D eigenvalue weighted by molar-refractivity contribution is -0.129. The summed E-state index contributed by atoms with van der Waals surface area (Å²) < 4.78 is 7.51. The number of carbonyl (C=O) groups is 1. The molecule has 1 amide bonds. The Balaban J connectivity index is 1.92. The van der Waals surface area contributed by atoms with E-state index in [0.29, 0.717) is 19.6 Å². The number of ether oxygens (including phenoxy) is 1. The van der Waals surface area contributed by atoms with Crippen LogP contribution in [0.3, 0.4) is 0 Å². The third-order valence-electron chi connectivity index (χ3n) is 5.39. The van der Waals surface area contributed by atoms with Crippen LogP contribution in [0.1, 0.15) is 24.4 Å². The van der Waals surface area contributed by atoms with Gasteiger partial charge in [0.25, 0.3) is 0 Å². The summed E-state index contributed by atoms with van der Waals surface area (Å²) in [6.07, 6.45) is 1.46. The quantitative estimate of drug-likeness (QED) is 0.694. The first-order chi connectivity index (χ1) is 12.7. The lowest BCUT2D eigenvalue weighted by Crippen LogP contribution is -2.31. The van der Waals surface area contributed by atoms with Gasteiger partial charge in [-0.25, -0.2) is 0 Å². The van der Waals surface area contributed by atoms with Crippen molar-refractivity contribution < 1.29 is 9.53 Å². The molecule has 1 atom stereocenters. The molecule has 0 spiro atoms. The second-order valence-corrected chi connectivity index (χ2v) is 6.84. The summed E-state index contributed by atoms with van der Waals surface area (Å²) in [5.41, 5.74) is 4.85. The zero-order valence-electron chi connectivity index (χ0n) is 15.3. The molecule has 1 fully saturated rings. The van der Waals surface area contributed by atoms with Crippen LogP contribution in [0.2, 0.25) is 0 Å². The van der Waals surface area contributed by atoms with Crippen LogP contribution in [0.5, 0.6) is 0 Å². The van der Waals surface area contributed by atoms with E-state index in [-0.39, 0.29) is 11.9 Å². The predicted octanol–water partition coefficient (Wildman–Crippen LogP) is 4.16. The summed E-state index contributed by atoms with van der Waals surface area (Å²) in [6.45, 7) is 1.20. The molecule has 0 radical (unpaired) electrons. The Hall–Kier alpha value is -2.59. The molecule has 4 nitrogen and oxygen atoms in total. The van der Waals surface area contributed by atoms with Crippen molar-refractivity contribution in [1.29, 1.82) is 0 Å². The topological polar surface area (TPSA) is 34.5 Å². The molecule has 0 saturated carbocycles. The monoisotopic (exact) mass is 348 g/mol. The maximum atomic E-state index is 12.5. The Morgan fingerprint density at radius 2 is 1.81 bits per heavy atom. The number of fused-ring (bicyclic) bond motifs is 1. The lowest BCUT2D eigenvalue weighted by Gasteiger charge is -2.26. The number of hydrogen-bond acceptors (Lipinski definition) is 2. The van der Waals surface area contributed by atoms with Crippen LogP contribution in [0, 0.1) is 0 Å². The highest BCUT2D eigenvalue weighted by Crippen LogP contribution is 2.43. The van der Waals surface area contributed by atoms with E-state index in [1.165, 1.54) is 27.7 Å². The van der Waals surface area contributed by atoms with Gasteiger partial charge in [0, 0.05) is 43.6 Å². The summed E-state index contributed by atoms with van der Waals surface area (Å²) in [7, 11) is 3.80. The third kappa shape index (κ3) is 2.71. The molecule has 1 aromatic heterocycles. The zero-order chi connectivity index (χ0) is 18.1. The van der Waals surface area contributed by atoms with Crippen molar-refractivity contribution in [2.75, 3.05) is 20.3 Å². The molecule has 4 heteroatoms.